The number of benzene rings is 2. The molecule has 0 spiro atoms. The number of carbonyl (C=O) groups is 2. The van der Waals surface area contributed by atoms with E-state index in [1.807, 2.05) is 0 Å². The molecule has 2 saturated heterocycles. The number of amides is 2. The number of nitrogens with zero attached hydrogens (tertiary/aromatic N) is 2. The predicted octanol–water partition coefficient (Wildman–Crippen LogP) is 2.93. The van der Waals surface area contributed by atoms with Gasteiger partial charge in [-0.3, -0.25) is 20.3 Å². The first-order chi connectivity index (χ1) is 14.6. The molecule has 0 radical (unpaired) electrons. The van der Waals surface area contributed by atoms with Gasteiger partial charge in [-0.25, -0.2) is 0 Å². The number of nitrogens with one attached hydrogen (secondary N) is 3. The lowest BCUT2D eigenvalue weighted by molar-refractivity contribution is -0.117. The van der Waals surface area contributed by atoms with Crippen LogP contribution in [0.1, 0.15) is 23.2 Å². The van der Waals surface area contributed by atoms with Crippen molar-refractivity contribution in [2.75, 3.05) is 53.3 Å². The molecule has 0 aromatic heterocycles. The van der Waals surface area contributed by atoms with E-state index in [-0.39, 0.29) is 11.8 Å². The number of halogens is 1. The molecule has 8 nitrogen and oxygen atoms in total. The largest absolute Gasteiger partial charge is 0.368 e. The van der Waals surface area contributed by atoms with Gasteiger partial charge in [0.1, 0.15) is 0 Å². The van der Waals surface area contributed by atoms with Gasteiger partial charge < -0.3 is 20.4 Å². The standard InChI is InChI=1S/C21H24ClN5O3/c22-16-12-18(25-30)17(13-19(16)26-10-7-23-8-11-26)24-21(29)14-3-5-15(6-4-14)27-9-1-2-20(27)28/h3-6,12-13,23,25,30H,1-2,7-11H2,(H,24,29). The molecule has 2 amide bonds. The van der Waals surface area contributed by atoms with Crippen molar-refractivity contribution in [3.63, 3.8) is 0 Å². The molecule has 2 aliphatic heterocycles. The molecule has 4 N–H and O–H groups in total. The summed E-state index contributed by atoms with van der Waals surface area (Å²) in [4.78, 5) is 28.6. The van der Waals surface area contributed by atoms with E-state index in [1.165, 1.54) is 0 Å². The van der Waals surface area contributed by atoms with E-state index in [4.69, 9.17) is 11.6 Å². The van der Waals surface area contributed by atoms with Crippen LogP contribution in [-0.4, -0.2) is 49.7 Å². The number of piperazine rings is 1. The Morgan fingerprint density at radius 3 is 2.43 bits per heavy atom. The van der Waals surface area contributed by atoms with Gasteiger partial charge >= 0.3 is 0 Å². The average Bonchev–Trinajstić information content (AvgIpc) is 3.21. The van der Waals surface area contributed by atoms with Gasteiger partial charge in [-0.1, -0.05) is 11.6 Å². The third-order valence-electron chi connectivity index (χ3n) is 5.43. The van der Waals surface area contributed by atoms with Gasteiger partial charge in [-0.15, -0.1) is 0 Å². The Kier molecular flexibility index (Phi) is 6.08. The highest BCUT2D eigenvalue weighted by Gasteiger charge is 2.22. The SMILES string of the molecule is O=C(Nc1cc(N2CCNCC2)c(Cl)cc1NO)c1ccc(N2CCCC2=O)cc1. The fourth-order valence-corrected chi connectivity index (χ4v) is 4.10. The summed E-state index contributed by atoms with van der Waals surface area (Å²) in [5, 5.41) is 16.1. The smallest absolute Gasteiger partial charge is 0.255 e. The second-order valence-electron chi connectivity index (χ2n) is 7.35. The molecule has 2 heterocycles. The summed E-state index contributed by atoms with van der Waals surface area (Å²) in [6.07, 6.45) is 1.41. The number of rotatable bonds is 5. The Labute approximate surface area is 179 Å². The minimum absolute atomic E-state index is 0.104. The predicted molar refractivity (Wildman–Crippen MR) is 118 cm³/mol. The fourth-order valence-electron chi connectivity index (χ4n) is 3.81. The van der Waals surface area contributed by atoms with Crippen molar-refractivity contribution in [2.24, 2.45) is 0 Å². The summed E-state index contributed by atoms with van der Waals surface area (Å²) in [5.74, 6) is -0.216. The Balaban J connectivity index is 1.54. The van der Waals surface area contributed by atoms with Gasteiger partial charge in [0.2, 0.25) is 5.91 Å². The van der Waals surface area contributed by atoms with Crippen molar-refractivity contribution in [3.05, 3.63) is 47.0 Å². The second-order valence-corrected chi connectivity index (χ2v) is 7.76. The first kappa shape index (κ1) is 20.5. The summed E-state index contributed by atoms with van der Waals surface area (Å²) in [6, 6.07) is 10.3. The maximum Gasteiger partial charge on any atom is 0.255 e. The highest BCUT2D eigenvalue weighted by atomic mass is 35.5. The lowest BCUT2D eigenvalue weighted by Crippen LogP contribution is -2.43. The number of carbonyl (C=O) groups excluding carboxylic acids is 2. The third-order valence-corrected chi connectivity index (χ3v) is 5.73. The summed E-state index contributed by atoms with van der Waals surface area (Å²) < 4.78 is 0. The lowest BCUT2D eigenvalue weighted by atomic mass is 10.1. The molecule has 2 aromatic rings. The maximum atomic E-state index is 12.8. The zero-order valence-electron chi connectivity index (χ0n) is 16.4. The molecule has 0 aliphatic carbocycles. The van der Waals surface area contributed by atoms with E-state index in [1.54, 1.807) is 41.3 Å². The van der Waals surface area contributed by atoms with Gasteiger partial charge in [0.25, 0.3) is 5.91 Å². The topological polar surface area (TPSA) is 96.9 Å². The molecule has 0 saturated carbocycles. The summed E-state index contributed by atoms with van der Waals surface area (Å²) in [7, 11) is 0. The fraction of sp³-hybridized carbons (Fsp3) is 0.333. The molecule has 158 valence electrons. The van der Waals surface area contributed by atoms with E-state index in [9.17, 15) is 14.8 Å². The van der Waals surface area contributed by atoms with Gasteiger partial charge in [-0.05, 0) is 42.8 Å². The zero-order chi connectivity index (χ0) is 21.1. The third kappa shape index (κ3) is 4.21. The molecule has 2 aliphatic rings. The van der Waals surface area contributed by atoms with Gasteiger partial charge in [-0.2, -0.15) is 0 Å². The lowest BCUT2D eigenvalue weighted by Gasteiger charge is -2.31. The highest BCUT2D eigenvalue weighted by molar-refractivity contribution is 6.34. The Hall–Kier alpha value is -2.81. The van der Waals surface area contributed by atoms with Gasteiger partial charge in [0.15, 0.2) is 0 Å². The van der Waals surface area contributed by atoms with Crippen LogP contribution >= 0.6 is 11.6 Å². The normalized spacial score (nSPS) is 16.7. The molecular formula is C21H24ClN5O3. The maximum absolute atomic E-state index is 12.8. The molecule has 4 rings (SSSR count). The number of hydrogen-bond donors (Lipinski definition) is 4. The van der Waals surface area contributed by atoms with Crippen LogP contribution in [0, 0.1) is 0 Å². The number of hydrogen-bond acceptors (Lipinski definition) is 6. The van der Waals surface area contributed by atoms with Crippen molar-refractivity contribution in [2.45, 2.75) is 12.8 Å². The van der Waals surface area contributed by atoms with Crippen molar-refractivity contribution in [3.8, 4) is 0 Å². The van der Waals surface area contributed by atoms with Crippen LogP contribution in [0.2, 0.25) is 5.02 Å². The molecule has 2 aromatic carbocycles. The summed E-state index contributed by atoms with van der Waals surface area (Å²) in [6.45, 7) is 4.01. The Morgan fingerprint density at radius 2 is 1.80 bits per heavy atom. The minimum atomic E-state index is -0.320. The quantitative estimate of drug-likeness (QED) is 0.546. The van der Waals surface area contributed by atoms with Crippen molar-refractivity contribution >= 4 is 46.2 Å². The second kappa shape index (κ2) is 8.91. The van der Waals surface area contributed by atoms with E-state index in [2.05, 4.69) is 21.0 Å². The van der Waals surface area contributed by atoms with Crippen LogP contribution in [0.25, 0.3) is 0 Å². The molecule has 0 atom stereocenters. The molecule has 0 unspecified atom stereocenters. The van der Waals surface area contributed by atoms with E-state index >= 15 is 0 Å². The number of anilines is 4. The van der Waals surface area contributed by atoms with E-state index in [0.717, 1.165) is 44.0 Å². The van der Waals surface area contributed by atoms with Crippen molar-refractivity contribution < 1.29 is 14.8 Å². The van der Waals surface area contributed by atoms with E-state index < -0.39 is 0 Å². The molecular weight excluding hydrogens is 406 g/mol. The molecule has 30 heavy (non-hydrogen) atoms. The van der Waals surface area contributed by atoms with Crippen LogP contribution < -0.4 is 25.9 Å². The monoisotopic (exact) mass is 429 g/mol. The van der Waals surface area contributed by atoms with Crippen molar-refractivity contribution in [1.29, 1.82) is 0 Å². The first-order valence-electron chi connectivity index (χ1n) is 9.98. The molecule has 2 fully saturated rings. The first-order valence-corrected chi connectivity index (χ1v) is 10.4. The average molecular weight is 430 g/mol. The van der Waals surface area contributed by atoms with Crippen LogP contribution in [-0.2, 0) is 4.79 Å². The minimum Gasteiger partial charge on any atom is -0.368 e. The molecule has 9 heteroatoms. The van der Waals surface area contributed by atoms with Gasteiger partial charge in [0, 0.05) is 50.4 Å². The zero-order valence-corrected chi connectivity index (χ0v) is 17.2. The van der Waals surface area contributed by atoms with Crippen LogP contribution in [0.15, 0.2) is 36.4 Å². The summed E-state index contributed by atoms with van der Waals surface area (Å²) in [5.41, 5.74) is 4.89. The van der Waals surface area contributed by atoms with Gasteiger partial charge in [0.05, 0.1) is 22.1 Å². The Bertz CT molecular complexity index is 944. The van der Waals surface area contributed by atoms with Crippen LogP contribution in [0.4, 0.5) is 22.7 Å². The van der Waals surface area contributed by atoms with Crippen molar-refractivity contribution in [1.82, 2.24) is 5.32 Å². The highest BCUT2D eigenvalue weighted by Crippen LogP contribution is 2.35. The van der Waals surface area contributed by atoms with Crippen LogP contribution in [0.5, 0.6) is 0 Å². The van der Waals surface area contributed by atoms with E-state index in [0.29, 0.717) is 34.9 Å². The summed E-state index contributed by atoms with van der Waals surface area (Å²) >= 11 is 6.40. The van der Waals surface area contributed by atoms with Crippen LogP contribution in [0.3, 0.4) is 0 Å². The Morgan fingerprint density at radius 1 is 1.07 bits per heavy atom. The molecule has 0 bridgehead atoms.